The highest BCUT2D eigenvalue weighted by molar-refractivity contribution is 6.05. The van der Waals surface area contributed by atoms with Crippen LogP contribution in [0.25, 0.3) is 21.5 Å². The van der Waals surface area contributed by atoms with Crippen LogP contribution in [0.3, 0.4) is 0 Å². The summed E-state index contributed by atoms with van der Waals surface area (Å²) in [7, 11) is 0. The number of aromatic nitrogens is 4. The second-order valence-electron chi connectivity index (χ2n) is 7.15. The summed E-state index contributed by atoms with van der Waals surface area (Å²) in [6, 6.07) is 17.7. The summed E-state index contributed by atoms with van der Waals surface area (Å²) in [6.07, 6.45) is 13.5. The molecule has 2 aromatic heterocycles. The van der Waals surface area contributed by atoms with Gasteiger partial charge in [-0.1, -0.05) is 48.5 Å². The molecule has 0 aliphatic rings. The first-order valence-corrected chi connectivity index (χ1v) is 9.73. The molecule has 2 heterocycles. The molecule has 3 aromatic carbocycles. The van der Waals surface area contributed by atoms with E-state index in [0.717, 1.165) is 25.9 Å². The highest BCUT2D eigenvalue weighted by Gasteiger charge is 2.13. The van der Waals surface area contributed by atoms with Gasteiger partial charge in [0.2, 0.25) is 0 Å². The van der Waals surface area contributed by atoms with Gasteiger partial charge in [0.1, 0.15) is 0 Å². The summed E-state index contributed by atoms with van der Waals surface area (Å²) in [5, 5.41) is 5.45. The molecule has 0 N–H and O–H groups in total. The van der Waals surface area contributed by atoms with E-state index in [4.69, 9.17) is 0 Å². The molecule has 0 amide bonds. The summed E-state index contributed by atoms with van der Waals surface area (Å²) in [4.78, 5) is 8.35. The van der Waals surface area contributed by atoms with E-state index in [0.29, 0.717) is 0 Å². The van der Waals surface area contributed by atoms with Crippen molar-refractivity contribution in [2.75, 3.05) is 0 Å². The SMILES string of the molecule is c1ccc2c(CCn3ccnc3)c3ccccc3c(CCn3ccnc3)c2c1. The monoisotopic (exact) mass is 366 g/mol. The fraction of sp³-hybridized carbons (Fsp3) is 0.167. The Hall–Kier alpha value is -3.40. The molecule has 5 rings (SSSR count). The smallest absolute Gasteiger partial charge is 0.0946 e. The molecular formula is C24H22N4. The molecule has 0 atom stereocenters. The van der Waals surface area contributed by atoms with Crippen molar-refractivity contribution >= 4 is 21.5 Å². The molecule has 5 aromatic rings. The van der Waals surface area contributed by atoms with Crippen LogP contribution in [-0.4, -0.2) is 19.1 Å². The lowest BCUT2D eigenvalue weighted by Crippen LogP contribution is -2.04. The van der Waals surface area contributed by atoms with Gasteiger partial charge >= 0.3 is 0 Å². The molecule has 0 fully saturated rings. The summed E-state index contributed by atoms with van der Waals surface area (Å²) in [5.41, 5.74) is 2.84. The Labute approximate surface area is 164 Å². The fourth-order valence-electron chi connectivity index (χ4n) is 4.17. The molecule has 0 saturated carbocycles. The number of rotatable bonds is 6. The third-order valence-electron chi connectivity index (χ3n) is 5.51. The van der Waals surface area contributed by atoms with Gasteiger partial charge in [0, 0.05) is 37.9 Å². The van der Waals surface area contributed by atoms with Crippen molar-refractivity contribution in [2.45, 2.75) is 25.9 Å². The lowest BCUT2D eigenvalue weighted by molar-refractivity contribution is 0.697. The van der Waals surface area contributed by atoms with Gasteiger partial charge in [-0.3, -0.25) is 0 Å². The van der Waals surface area contributed by atoms with Crippen molar-refractivity contribution in [3.05, 3.63) is 97.1 Å². The highest BCUT2D eigenvalue weighted by atomic mass is 15.0. The average molecular weight is 366 g/mol. The minimum Gasteiger partial charge on any atom is -0.337 e. The van der Waals surface area contributed by atoms with E-state index in [1.165, 1.54) is 32.7 Å². The van der Waals surface area contributed by atoms with Crippen molar-refractivity contribution < 1.29 is 0 Å². The standard InChI is InChI=1S/C24H22N4/c1-2-6-20-19(5-1)23(9-13-27-15-11-25-17-27)21-7-3-4-8-22(21)24(20)10-14-28-16-12-26-18-28/h1-8,11-12,15-18H,9-10,13-14H2. The molecule has 0 spiro atoms. The fourth-order valence-corrected chi connectivity index (χ4v) is 4.17. The Morgan fingerprint density at radius 1 is 0.571 bits per heavy atom. The molecule has 4 nitrogen and oxygen atoms in total. The van der Waals surface area contributed by atoms with Crippen LogP contribution in [-0.2, 0) is 25.9 Å². The summed E-state index contributed by atoms with van der Waals surface area (Å²) >= 11 is 0. The second-order valence-corrected chi connectivity index (χ2v) is 7.15. The number of aryl methyl sites for hydroxylation is 4. The van der Waals surface area contributed by atoms with Crippen LogP contribution < -0.4 is 0 Å². The largest absolute Gasteiger partial charge is 0.337 e. The maximum Gasteiger partial charge on any atom is 0.0946 e. The van der Waals surface area contributed by atoms with Crippen molar-refractivity contribution in [1.82, 2.24) is 19.1 Å². The zero-order valence-electron chi connectivity index (χ0n) is 15.7. The van der Waals surface area contributed by atoms with Crippen molar-refractivity contribution in [2.24, 2.45) is 0 Å². The first kappa shape index (κ1) is 16.8. The Morgan fingerprint density at radius 2 is 0.964 bits per heavy atom. The van der Waals surface area contributed by atoms with E-state index in [2.05, 4.69) is 67.6 Å². The normalized spacial score (nSPS) is 11.4. The summed E-state index contributed by atoms with van der Waals surface area (Å²) in [5.74, 6) is 0. The van der Waals surface area contributed by atoms with Gasteiger partial charge in [-0.25, -0.2) is 9.97 Å². The molecule has 0 aliphatic heterocycles. The maximum absolute atomic E-state index is 4.18. The number of hydrogen-bond donors (Lipinski definition) is 0. The van der Waals surface area contributed by atoms with Crippen molar-refractivity contribution in [3.8, 4) is 0 Å². The Balaban J connectivity index is 1.64. The average Bonchev–Trinajstić information content (AvgIpc) is 3.44. The van der Waals surface area contributed by atoms with E-state index < -0.39 is 0 Å². The van der Waals surface area contributed by atoms with Gasteiger partial charge in [0.15, 0.2) is 0 Å². The minimum atomic E-state index is 0.933. The summed E-state index contributed by atoms with van der Waals surface area (Å²) in [6.45, 7) is 1.87. The van der Waals surface area contributed by atoms with E-state index >= 15 is 0 Å². The van der Waals surface area contributed by atoms with Crippen LogP contribution >= 0.6 is 0 Å². The van der Waals surface area contributed by atoms with Crippen LogP contribution in [0.4, 0.5) is 0 Å². The van der Waals surface area contributed by atoms with Gasteiger partial charge in [-0.15, -0.1) is 0 Å². The number of fused-ring (bicyclic) bond motifs is 2. The van der Waals surface area contributed by atoms with Crippen LogP contribution in [0.5, 0.6) is 0 Å². The number of benzene rings is 3. The minimum absolute atomic E-state index is 0.933. The first-order valence-electron chi connectivity index (χ1n) is 9.73. The second kappa shape index (κ2) is 7.31. The molecule has 0 unspecified atom stereocenters. The van der Waals surface area contributed by atoms with Gasteiger partial charge in [0.05, 0.1) is 12.7 Å². The molecule has 0 aliphatic carbocycles. The quantitative estimate of drug-likeness (QED) is 0.402. The zero-order valence-corrected chi connectivity index (χ0v) is 15.7. The van der Waals surface area contributed by atoms with Crippen LogP contribution in [0.15, 0.2) is 86.0 Å². The number of imidazole rings is 2. The van der Waals surface area contributed by atoms with Crippen LogP contribution in [0.2, 0.25) is 0 Å². The molecule has 0 saturated heterocycles. The molecule has 4 heteroatoms. The van der Waals surface area contributed by atoms with Gasteiger partial charge < -0.3 is 9.13 Å². The molecular weight excluding hydrogens is 344 g/mol. The van der Waals surface area contributed by atoms with Gasteiger partial charge in [-0.05, 0) is 45.5 Å². The lowest BCUT2D eigenvalue weighted by atomic mass is 9.89. The topological polar surface area (TPSA) is 35.6 Å². The molecule has 0 radical (unpaired) electrons. The van der Waals surface area contributed by atoms with Crippen molar-refractivity contribution in [1.29, 1.82) is 0 Å². The van der Waals surface area contributed by atoms with Crippen LogP contribution in [0, 0.1) is 0 Å². The number of nitrogens with zero attached hydrogens (tertiary/aromatic N) is 4. The van der Waals surface area contributed by atoms with Crippen molar-refractivity contribution in [3.63, 3.8) is 0 Å². The molecule has 138 valence electrons. The predicted octanol–water partition coefficient (Wildman–Crippen LogP) is 4.87. The Kier molecular flexibility index (Phi) is 4.37. The lowest BCUT2D eigenvalue weighted by Gasteiger charge is -2.17. The van der Waals surface area contributed by atoms with Crippen LogP contribution in [0.1, 0.15) is 11.1 Å². The third-order valence-corrected chi connectivity index (χ3v) is 5.51. The third kappa shape index (κ3) is 3.07. The molecule has 0 bridgehead atoms. The Morgan fingerprint density at radius 3 is 1.29 bits per heavy atom. The predicted molar refractivity (Wildman–Crippen MR) is 113 cm³/mol. The summed E-state index contributed by atoms with van der Waals surface area (Å²) < 4.78 is 4.30. The maximum atomic E-state index is 4.18. The van der Waals surface area contributed by atoms with E-state index in [1.54, 1.807) is 0 Å². The Bertz CT molecular complexity index is 1050. The number of hydrogen-bond acceptors (Lipinski definition) is 2. The zero-order chi connectivity index (χ0) is 18.8. The van der Waals surface area contributed by atoms with Gasteiger partial charge in [0.25, 0.3) is 0 Å². The van der Waals surface area contributed by atoms with E-state index in [1.807, 2.05) is 37.4 Å². The highest BCUT2D eigenvalue weighted by Crippen LogP contribution is 2.34. The van der Waals surface area contributed by atoms with Gasteiger partial charge in [-0.2, -0.15) is 0 Å². The first-order chi connectivity index (χ1) is 13.9. The van der Waals surface area contributed by atoms with E-state index in [9.17, 15) is 0 Å². The molecule has 28 heavy (non-hydrogen) atoms. The van der Waals surface area contributed by atoms with E-state index in [-0.39, 0.29) is 0 Å².